The van der Waals surface area contributed by atoms with Gasteiger partial charge < -0.3 is 9.47 Å². The number of benzene rings is 3. The van der Waals surface area contributed by atoms with Crippen molar-refractivity contribution in [2.75, 3.05) is 7.11 Å². The van der Waals surface area contributed by atoms with Gasteiger partial charge in [0.05, 0.1) is 28.1 Å². The van der Waals surface area contributed by atoms with Crippen molar-refractivity contribution in [3.8, 4) is 17.6 Å². The Kier molecular flexibility index (Phi) is 7.00. The van der Waals surface area contributed by atoms with Gasteiger partial charge in [0, 0.05) is 12.1 Å². The molecule has 3 aromatic carbocycles. The topological polar surface area (TPSA) is 85.4 Å². The quantitative estimate of drug-likeness (QED) is 0.174. The van der Waals surface area contributed by atoms with Crippen molar-refractivity contribution in [1.29, 1.82) is 5.26 Å². The fourth-order valence-corrected chi connectivity index (χ4v) is 3.41. The summed E-state index contributed by atoms with van der Waals surface area (Å²) in [6.45, 7) is 0.210. The summed E-state index contributed by atoms with van der Waals surface area (Å²) in [6, 6.07) is 17.4. The maximum atomic E-state index is 13.1. The summed E-state index contributed by atoms with van der Waals surface area (Å²) in [7, 11) is 1.49. The van der Waals surface area contributed by atoms with Crippen LogP contribution in [0.15, 0.2) is 65.1 Å². The second-order valence-electron chi connectivity index (χ2n) is 6.43. The van der Waals surface area contributed by atoms with Gasteiger partial charge in [0.1, 0.15) is 12.4 Å². The molecule has 0 aromatic heterocycles. The fraction of sp³-hybridized carbons (Fsp3) is 0.0870. The van der Waals surface area contributed by atoms with Crippen molar-refractivity contribution >= 4 is 33.3 Å². The minimum absolute atomic E-state index is 0.0954. The molecule has 0 unspecified atom stereocenters. The minimum Gasteiger partial charge on any atom is -0.493 e. The number of nitro benzene ring substituents is 1. The number of nitriles is 1. The summed E-state index contributed by atoms with van der Waals surface area (Å²) in [5, 5.41) is 20.6. The second-order valence-corrected chi connectivity index (χ2v) is 7.28. The van der Waals surface area contributed by atoms with Crippen molar-refractivity contribution in [3.05, 3.63) is 97.8 Å². The molecule has 3 aromatic rings. The molecule has 0 atom stereocenters. The minimum atomic E-state index is -0.509. The van der Waals surface area contributed by atoms with Crippen LogP contribution in [0.4, 0.5) is 10.1 Å². The van der Waals surface area contributed by atoms with Crippen molar-refractivity contribution < 1.29 is 18.8 Å². The van der Waals surface area contributed by atoms with Crippen LogP contribution in [-0.4, -0.2) is 12.0 Å². The zero-order chi connectivity index (χ0) is 22.4. The largest absolute Gasteiger partial charge is 0.493 e. The number of non-ortho nitro benzene ring substituents is 1. The maximum Gasteiger partial charge on any atom is 0.270 e. The van der Waals surface area contributed by atoms with Crippen molar-refractivity contribution in [3.63, 3.8) is 0 Å². The lowest BCUT2D eigenvalue weighted by Gasteiger charge is -2.14. The fourth-order valence-electron chi connectivity index (χ4n) is 2.83. The van der Waals surface area contributed by atoms with Crippen LogP contribution < -0.4 is 9.47 Å². The van der Waals surface area contributed by atoms with E-state index in [1.54, 1.807) is 36.4 Å². The van der Waals surface area contributed by atoms with Crippen LogP contribution in [0, 0.1) is 27.3 Å². The first kappa shape index (κ1) is 22.0. The van der Waals surface area contributed by atoms with Crippen LogP contribution >= 0.6 is 15.9 Å². The van der Waals surface area contributed by atoms with Gasteiger partial charge in [0.2, 0.25) is 0 Å². The highest BCUT2D eigenvalue weighted by atomic mass is 79.9. The number of hydrogen-bond acceptors (Lipinski definition) is 5. The second kappa shape index (κ2) is 9.87. The van der Waals surface area contributed by atoms with Gasteiger partial charge in [-0.2, -0.15) is 5.26 Å². The molecule has 3 rings (SSSR count). The van der Waals surface area contributed by atoms with E-state index in [0.29, 0.717) is 27.1 Å². The third kappa shape index (κ3) is 5.47. The van der Waals surface area contributed by atoms with Crippen LogP contribution in [0.3, 0.4) is 0 Å². The normalized spacial score (nSPS) is 11.0. The van der Waals surface area contributed by atoms with Crippen LogP contribution in [0.25, 0.3) is 11.6 Å². The Morgan fingerprint density at radius 3 is 2.61 bits per heavy atom. The summed E-state index contributed by atoms with van der Waals surface area (Å²) in [4.78, 5) is 10.5. The van der Waals surface area contributed by atoms with Crippen LogP contribution in [-0.2, 0) is 6.61 Å². The Morgan fingerprint density at radius 1 is 1.23 bits per heavy atom. The van der Waals surface area contributed by atoms with E-state index < -0.39 is 4.92 Å². The smallest absolute Gasteiger partial charge is 0.270 e. The molecular weight excluding hydrogens is 467 g/mol. The van der Waals surface area contributed by atoms with Gasteiger partial charge >= 0.3 is 0 Å². The third-order valence-electron chi connectivity index (χ3n) is 4.35. The predicted octanol–water partition coefficient (Wildman–Crippen LogP) is 6.15. The maximum absolute atomic E-state index is 13.1. The Morgan fingerprint density at radius 2 is 1.97 bits per heavy atom. The summed E-state index contributed by atoms with van der Waals surface area (Å²) in [5.41, 5.74) is 2.03. The Hall–Kier alpha value is -3.70. The molecule has 0 spiro atoms. The van der Waals surface area contributed by atoms with Gasteiger partial charge in [-0.3, -0.25) is 10.1 Å². The summed E-state index contributed by atoms with van der Waals surface area (Å²) < 4.78 is 24.9. The van der Waals surface area contributed by atoms with Gasteiger partial charge in [-0.15, -0.1) is 0 Å². The van der Waals surface area contributed by atoms with E-state index in [1.165, 1.54) is 37.4 Å². The zero-order valence-electron chi connectivity index (χ0n) is 16.3. The Bertz CT molecular complexity index is 1190. The van der Waals surface area contributed by atoms with Crippen LogP contribution in [0.5, 0.6) is 11.5 Å². The molecular formula is C23H16BrFN2O4. The van der Waals surface area contributed by atoms with Gasteiger partial charge in [0.15, 0.2) is 11.5 Å². The number of hydrogen-bond donors (Lipinski definition) is 0. The van der Waals surface area contributed by atoms with Gasteiger partial charge in [0.25, 0.3) is 5.69 Å². The first-order valence-corrected chi connectivity index (χ1v) is 9.82. The molecule has 0 heterocycles. The first-order chi connectivity index (χ1) is 14.9. The third-order valence-corrected chi connectivity index (χ3v) is 4.94. The van der Waals surface area contributed by atoms with E-state index in [2.05, 4.69) is 22.0 Å². The highest BCUT2D eigenvalue weighted by Crippen LogP contribution is 2.38. The Balaban J connectivity index is 1.90. The van der Waals surface area contributed by atoms with E-state index >= 15 is 0 Å². The Labute approximate surface area is 186 Å². The molecule has 0 aliphatic heterocycles. The van der Waals surface area contributed by atoms with E-state index in [-0.39, 0.29) is 23.7 Å². The molecule has 0 bridgehead atoms. The number of allylic oxidation sites excluding steroid dienone is 1. The monoisotopic (exact) mass is 482 g/mol. The average Bonchev–Trinajstić information content (AvgIpc) is 2.77. The lowest BCUT2D eigenvalue weighted by molar-refractivity contribution is -0.384. The van der Waals surface area contributed by atoms with Gasteiger partial charge in [-0.1, -0.05) is 24.3 Å². The standard InChI is InChI=1S/C23H16BrFN2O4/c1-30-22-11-16(9-18(13-26)17-3-2-4-20(12-17)27(28)29)10-21(24)23(22)31-14-15-5-7-19(25)8-6-15/h2-12H,14H2,1H3/b18-9-. The predicted molar refractivity (Wildman–Crippen MR) is 118 cm³/mol. The molecule has 0 saturated heterocycles. The first-order valence-electron chi connectivity index (χ1n) is 9.02. The number of nitro groups is 1. The summed E-state index contributed by atoms with van der Waals surface area (Å²) in [5.74, 6) is 0.563. The van der Waals surface area contributed by atoms with Crippen molar-refractivity contribution in [2.45, 2.75) is 6.61 Å². The molecule has 0 N–H and O–H groups in total. The van der Waals surface area contributed by atoms with Crippen molar-refractivity contribution in [2.24, 2.45) is 0 Å². The van der Waals surface area contributed by atoms with Gasteiger partial charge in [-0.25, -0.2) is 4.39 Å². The molecule has 6 nitrogen and oxygen atoms in total. The van der Waals surface area contributed by atoms with Crippen molar-refractivity contribution in [1.82, 2.24) is 0 Å². The molecule has 8 heteroatoms. The molecule has 0 fully saturated rings. The molecule has 0 aliphatic carbocycles. The van der Waals surface area contributed by atoms with E-state index in [4.69, 9.17) is 9.47 Å². The number of rotatable bonds is 7. The molecule has 0 saturated carbocycles. The molecule has 0 aliphatic rings. The summed E-state index contributed by atoms with van der Waals surface area (Å²) >= 11 is 3.46. The molecule has 0 radical (unpaired) electrons. The van der Waals surface area contributed by atoms with Crippen LogP contribution in [0.2, 0.25) is 0 Å². The lowest BCUT2D eigenvalue weighted by Crippen LogP contribution is -1.99. The number of ether oxygens (including phenoxy) is 2. The molecule has 0 amide bonds. The van der Waals surface area contributed by atoms with E-state index in [0.717, 1.165) is 5.56 Å². The lowest BCUT2D eigenvalue weighted by atomic mass is 10.0. The number of nitrogens with zero attached hydrogens (tertiary/aromatic N) is 2. The number of methoxy groups -OCH3 is 1. The molecule has 156 valence electrons. The van der Waals surface area contributed by atoms with Gasteiger partial charge in [-0.05, 0) is 63.0 Å². The highest BCUT2D eigenvalue weighted by molar-refractivity contribution is 9.10. The van der Waals surface area contributed by atoms with Crippen LogP contribution in [0.1, 0.15) is 16.7 Å². The van der Waals surface area contributed by atoms with E-state index in [1.807, 2.05) is 0 Å². The zero-order valence-corrected chi connectivity index (χ0v) is 17.9. The molecule has 31 heavy (non-hydrogen) atoms. The average molecular weight is 483 g/mol. The SMILES string of the molecule is COc1cc(/C=C(/C#N)c2cccc([N+](=O)[O-])c2)cc(Br)c1OCc1ccc(F)cc1. The van der Waals surface area contributed by atoms with E-state index in [9.17, 15) is 19.8 Å². The summed E-state index contributed by atoms with van der Waals surface area (Å²) in [6.07, 6.45) is 1.61. The highest BCUT2D eigenvalue weighted by Gasteiger charge is 2.13. The number of halogens is 2.